The van der Waals surface area contributed by atoms with Crippen LogP contribution in [0.4, 0.5) is 4.79 Å². The standard InChI is InChI=1S/C15H17IN4O/c16-14-11-3-1-2-4-13(11)20(18-14)15(21)17-12-9-19-7-5-10(12)6-8-19/h1-4,10,12H,5-9H2,(H,17,21)/t12-/m0/s1. The predicted molar refractivity (Wildman–Crippen MR) is 89.3 cm³/mol. The fourth-order valence-corrected chi connectivity index (χ4v) is 4.20. The minimum Gasteiger partial charge on any atom is -0.332 e. The molecule has 0 unspecified atom stereocenters. The Bertz CT molecular complexity index is 690. The summed E-state index contributed by atoms with van der Waals surface area (Å²) in [7, 11) is 0. The third-order valence-corrected chi connectivity index (χ3v) is 5.50. The number of hydrogen-bond donors (Lipinski definition) is 1. The Balaban J connectivity index is 1.59. The number of para-hydroxylation sites is 1. The smallest absolute Gasteiger partial charge is 0.332 e. The van der Waals surface area contributed by atoms with E-state index in [1.807, 2.05) is 24.3 Å². The lowest BCUT2D eigenvalue weighted by Gasteiger charge is -2.44. The van der Waals surface area contributed by atoms with Crippen LogP contribution in [0.25, 0.3) is 10.9 Å². The van der Waals surface area contributed by atoms with Crippen LogP contribution in [0.5, 0.6) is 0 Å². The van der Waals surface area contributed by atoms with Crippen molar-refractivity contribution >= 4 is 39.5 Å². The van der Waals surface area contributed by atoms with E-state index in [0.29, 0.717) is 5.92 Å². The van der Waals surface area contributed by atoms with Gasteiger partial charge in [-0.1, -0.05) is 18.2 Å². The molecule has 0 aliphatic carbocycles. The van der Waals surface area contributed by atoms with Crippen LogP contribution >= 0.6 is 22.6 Å². The topological polar surface area (TPSA) is 50.2 Å². The zero-order chi connectivity index (χ0) is 14.4. The summed E-state index contributed by atoms with van der Waals surface area (Å²) in [6.45, 7) is 3.34. The summed E-state index contributed by atoms with van der Waals surface area (Å²) in [6, 6.07) is 8.02. The number of fused-ring (bicyclic) bond motifs is 4. The average molecular weight is 396 g/mol. The maximum atomic E-state index is 12.6. The van der Waals surface area contributed by atoms with E-state index >= 15 is 0 Å². The van der Waals surface area contributed by atoms with Crippen molar-refractivity contribution < 1.29 is 4.79 Å². The minimum atomic E-state index is -0.104. The van der Waals surface area contributed by atoms with Gasteiger partial charge in [0.1, 0.15) is 3.70 Å². The molecular formula is C15H17IN4O. The van der Waals surface area contributed by atoms with Crippen LogP contribution in [0.1, 0.15) is 12.8 Å². The van der Waals surface area contributed by atoms with Gasteiger partial charge in [-0.15, -0.1) is 0 Å². The first-order valence-electron chi connectivity index (χ1n) is 7.39. The summed E-state index contributed by atoms with van der Waals surface area (Å²) in [5.41, 5.74) is 0.876. The highest BCUT2D eigenvalue weighted by Crippen LogP contribution is 2.27. The maximum Gasteiger partial charge on any atom is 0.342 e. The first kappa shape index (κ1) is 13.5. The lowest BCUT2D eigenvalue weighted by Crippen LogP contribution is -2.57. The van der Waals surface area contributed by atoms with Crippen molar-refractivity contribution in [3.8, 4) is 0 Å². The normalized spacial score (nSPS) is 28.0. The van der Waals surface area contributed by atoms with E-state index in [2.05, 4.69) is 37.9 Å². The molecule has 1 amide bonds. The number of benzene rings is 1. The lowest BCUT2D eigenvalue weighted by molar-refractivity contribution is 0.0766. The van der Waals surface area contributed by atoms with Gasteiger partial charge in [0.25, 0.3) is 0 Å². The second kappa shape index (κ2) is 5.24. The van der Waals surface area contributed by atoms with Gasteiger partial charge in [-0.05, 0) is 60.5 Å². The number of amides is 1. The molecule has 5 nitrogen and oxygen atoms in total. The van der Waals surface area contributed by atoms with Gasteiger partial charge in [0, 0.05) is 18.0 Å². The number of rotatable bonds is 1. The summed E-state index contributed by atoms with van der Waals surface area (Å²) in [5, 5.41) is 8.61. The van der Waals surface area contributed by atoms with Crippen LogP contribution in [0.3, 0.4) is 0 Å². The van der Waals surface area contributed by atoms with Crippen LogP contribution in [0.2, 0.25) is 0 Å². The Kier molecular flexibility index (Phi) is 3.37. The van der Waals surface area contributed by atoms with Crippen molar-refractivity contribution in [2.45, 2.75) is 18.9 Å². The van der Waals surface area contributed by atoms with E-state index in [9.17, 15) is 4.79 Å². The molecule has 3 aliphatic rings. The highest BCUT2D eigenvalue weighted by Gasteiger charge is 2.35. The van der Waals surface area contributed by atoms with Gasteiger partial charge in [-0.3, -0.25) is 0 Å². The number of carbonyl (C=O) groups excluding carboxylic acids is 1. The van der Waals surface area contributed by atoms with Gasteiger partial charge in [0.15, 0.2) is 0 Å². The third kappa shape index (κ3) is 2.34. The lowest BCUT2D eigenvalue weighted by atomic mass is 9.84. The number of piperidine rings is 3. The molecule has 0 radical (unpaired) electrons. The first-order valence-corrected chi connectivity index (χ1v) is 8.47. The number of nitrogens with zero attached hydrogens (tertiary/aromatic N) is 3. The summed E-state index contributed by atoms with van der Waals surface area (Å²) in [6.07, 6.45) is 2.39. The van der Waals surface area contributed by atoms with Gasteiger partial charge in [0.05, 0.1) is 5.52 Å². The monoisotopic (exact) mass is 396 g/mol. The molecule has 0 saturated carbocycles. The molecule has 1 atom stereocenters. The molecule has 3 fully saturated rings. The molecular weight excluding hydrogens is 379 g/mol. The third-order valence-electron chi connectivity index (χ3n) is 4.70. The van der Waals surface area contributed by atoms with Crippen molar-refractivity contribution in [1.82, 2.24) is 20.0 Å². The average Bonchev–Trinajstić information content (AvgIpc) is 2.86. The van der Waals surface area contributed by atoms with Gasteiger partial charge < -0.3 is 10.2 Å². The number of nitrogens with one attached hydrogen (secondary N) is 1. The van der Waals surface area contributed by atoms with E-state index in [0.717, 1.165) is 21.1 Å². The van der Waals surface area contributed by atoms with Crippen LogP contribution in [-0.4, -0.2) is 46.4 Å². The second-order valence-corrected chi connectivity index (χ2v) is 6.94. The Hall–Kier alpha value is -1.15. The van der Waals surface area contributed by atoms with E-state index in [1.54, 1.807) is 0 Å². The van der Waals surface area contributed by atoms with E-state index in [4.69, 9.17) is 0 Å². The predicted octanol–water partition coefficient (Wildman–Crippen LogP) is 2.29. The highest BCUT2D eigenvalue weighted by molar-refractivity contribution is 14.1. The van der Waals surface area contributed by atoms with Crippen LogP contribution in [0.15, 0.2) is 24.3 Å². The Labute approximate surface area is 136 Å². The molecule has 2 aromatic rings. The van der Waals surface area contributed by atoms with E-state index in [1.165, 1.54) is 30.6 Å². The second-order valence-electron chi connectivity index (χ2n) is 5.91. The fourth-order valence-electron chi connectivity index (χ4n) is 3.53. The zero-order valence-electron chi connectivity index (χ0n) is 11.6. The number of halogens is 1. The number of aromatic nitrogens is 2. The molecule has 3 aliphatic heterocycles. The maximum absolute atomic E-state index is 12.6. The number of carbonyl (C=O) groups is 1. The molecule has 0 spiro atoms. The van der Waals surface area contributed by atoms with Crippen LogP contribution in [0, 0.1) is 9.62 Å². The summed E-state index contributed by atoms with van der Waals surface area (Å²) >= 11 is 2.18. The quantitative estimate of drug-likeness (QED) is 0.753. The van der Waals surface area contributed by atoms with E-state index in [-0.39, 0.29) is 12.1 Å². The van der Waals surface area contributed by atoms with Gasteiger partial charge >= 0.3 is 6.03 Å². The molecule has 3 saturated heterocycles. The van der Waals surface area contributed by atoms with E-state index < -0.39 is 0 Å². The van der Waals surface area contributed by atoms with Crippen molar-refractivity contribution in [3.63, 3.8) is 0 Å². The largest absolute Gasteiger partial charge is 0.342 e. The summed E-state index contributed by atoms with van der Waals surface area (Å²) in [4.78, 5) is 15.0. The Morgan fingerprint density at radius 3 is 2.76 bits per heavy atom. The van der Waals surface area contributed by atoms with Gasteiger partial charge in [-0.2, -0.15) is 9.78 Å². The fraction of sp³-hybridized carbons (Fsp3) is 0.467. The van der Waals surface area contributed by atoms with Crippen molar-refractivity contribution in [2.75, 3.05) is 19.6 Å². The minimum absolute atomic E-state index is 0.104. The summed E-state index contributed by atoms with van der Waals surface area (Å²) in [5.74, 6) is 0.625. The molecule has 6 heteroatoms. The first-order chi connectivity index (χ1) is 10.2. The Morgan fingerprint density at radius 1 is 1.29 bits per heavy atom. The molecule has 21 heavy (non-hydrogen) atoms. The molecule has 1 aromatic heterocycles. The zero-order valence-corrected chi connectivity index (χ0v) is 13.8. The van der Waals surface area contributed by atoms with Gasteiger partial charge in [-0.25, -0.2) is 4.79 Å². The van der Waals surface area contributed by atoms with Crippen LogP contribution < -0.4 is 5.32 Å². The molecule has 2 bridgehead atoms. The van der Waals surface area contributed by atoms with Gasteiger partial charge in [0.2, 0.25) is 0 Å². The summed E-state index contributed by atoms with van der Waals surface area (Å²) < 4.78 is 2.38. The number of hydrogen-bond acceptors (Lipinski definition) is 3. The molecule has 1 N–H and O–H groups in total. The molecule has 1 aromatic carbocycles. The molecule has 5 rings (SSSR count). The molecule has 110 valence electrons. The SMILES string of the molecule is O=C(N[C@H]1CN2CCC1CC2)n1nc(I)c2ccccc21. The highest BCUT2D eigenvalue weighted by atomic mass is 127. The molecule has 4 heterocycles. The van der Waals surface area contributed by atoms with Crippen molar-refractivity contribution in [1.29, 1.82) is 0 Å². The van der Waals surface area contributed by atoms with Crippen LogP contribution in [-0.2, 0) is 0 Å². The Morgan fingerprint density at radius 2 is 2.05 bits per heavy atom. The van der Waals surface area contributed by atoms with Crippen molar-refractivity contribution in [3.05, 3.63) is 28.0 Å². The van der Waals surface area contributed by atoms with Crippen molar-refractivity contribution in [2.24, 2.45) is 5.92 Å².